The highest BCUT2D eigenvalue weighted by Gasteiger charge is 2.32. The minimum Gasteiger partial charge on any atom is -0.377 e. The molecule has 1 unspecified atom stereocenters. The maximum atomic E-state index is 5.68. The van der Waals surface area contributed by atoms with E-state index < -0.39 is 0 Å². The third-order valence-corrected chi connectivity index (χ3v) is 5.30. The Morgan fingerprint density at radius 1 is 1.43 bits per heavy atom. The molecule has 1 aromatic rings. The largest absolute Gasteiger partial charge is 0.377 e. The van der Waals surface area contributed by atoms with Crippen molar-refractivity contribution in [2.45, 2.75) is 65.1 Å². The summed E-state index contributed by atoms with van der Waals surface area (Å²) in [4.78, 5) is 8.50. The number of hydrogen-bond acceptors (Lipinski definition) is 5. The van der Waals surface area contributed by atoms with E-state index in [1.54, 1.807) is 0 Å². The molecule has 1 atom stereocenters. The van der Waals surface area contributed by atoms with Gasteiger partial charge in [0.15, 0.2) is 5.13 Å². The molecule has 0 bridgehead atoms. The first-order valence-corrected chi connectivity index (χ1v) is 8.55. The van der Waals surface area contributed by atoms with E-state index in [9.17, 15) is 0 Å². The van der Waals surface area contributed by atoms with Gasteiger partial charge in [0.05, 0.1) is 11.3 Å². The highest BCUT2D eigenvalue weighted by molar-refractivity contribution is 7.15. The highest BCUT2D eigenvalue weighted by atomic mass is 32.1. The van der Waals surface area contributed by atoms with Crippen LogP contribution in [0.1, 0.15) is 51.1 Å². The lowest BCUT2D eigenvalue weighted by atomic mass is 9.95. The van der Waals surface area contributed by atoms with Crippen molar-refractivity contribution in [1.82, 2.24) is 10.3 Å². The van der Waals surface area contributed by atoms with Gasteiger partial charge in [-0.2, -0.15) is 0 Å². The summed E-state index contributed by atoms with van der Waals surface area (Å²) in [6, 6.07) is 0. The zero-order valence-electron chi connectivity index (χ0n) is 14.2. The van der Waals surface area contributed by atoms with Crippen molar-refractivity contribution in [3.63, 3.8) is 0 Å². The van der Waals surface area contributed by atoms with Gasteiger partial charge in [-0.1, -0.05) is 0 Å². The van der Waals surface area contributed by atoms with E-state index in [-0.39, 0.29) is 11.1 Å². The molecule has 0 amide bonds. The van der Waals surface area contributed by atoms with Gasteiger partial charge in [-0.3, -0.25) is 0 Å². The number of methoxy groups -OCH3 is 1. The molecule has 1 aromatic heterocycles. The molecular formula is C16H29N3OS. The summed E-state index contributed by atoms with van der Waals surface area (Å²) in [5.41, 5.74) is 1.24. The normalized spacial score (nSPS) is 23.6. The van der Waals surface area contributed by atoms with Crippen molar-refractivity contribution in [1.29, 1.82) is 0 Å². The molecule has 2 rings (SSSR count). The van der Waals surface area contributed by atoms with Crippen LogP contribution in [-0.4, -0.2) is 36.3 Å². The van der Waals surface area contributed by atoms with Gasteiger partial charge in [0.2, 0.25) is 0 Å². The Kier molecular flexibility index (Phi) is 4.96. The van der Waals surface area contributed by atoms with Crippen molar-refractivity contribution in [2.75, 3.05) is 25.1 Å². The average molecular weight is 311 g/mol. The van der Waals surface area contributed by atoms with Crippen molar-refractivity contribution >= 4 is 16.5 Å². The fourth-order valence-corrected chi connectivity index (χ4v) is 3.62. The molecule has 0 aliphatic carbocycles. The molecule has 0 radical (unpaired) electrons. The fraction of sp³-hybridized carbons (Fsp3) is 0.812. The molecule has 0 aromatic carbocycles. The van der Waals surface area contributed by atoms with Gasteiger partial charge >= 0.3 is 0 Å². The van der Waals surface area contributed by atoms with E-state index in [1.165, 1.54) is 11.3 Å². The summed E-state index contributed by atoms with van der Waals surface area (Å²) in [5.74, 6) is 0. The molecule has 4 nitrogen and oxygen atoms in total. The number of nitrogens with one attached hydrogen (secondary N) is 1. The summed E-state index contributed by atoms with van der Waals surface area (Å²) >= 11 is 1.81. The number of nitrogens with zero attached hydrogens (tertiary/aromatic N) is 2. The van der Waals surface area contributed by atoms with Crippen LogP contribution in [0.3, 0.4) is 0 Å². The Balaban J connectivity index is 2.07. The van der Waals surface area contributed by atoms with Crippen molar-refractivity contribution in [2.24, 2.45) is 0 Å². The number of thiazole rings is 1. The topological polar surface area (TPSA) is 37.4 Å². The van der Waals surface area contributed by atoms with Crippen molar-refractivity contribution in [3.8, 4) is 0 Å². The van der Waals surface area contributed by atoms with Gasteiger partial charge in [-0.25, -0.2) is 4.98 Å². The molecule has 1 fully saturated rings. The molecule has 1 saturated heterocycles. The number of hydrogen-bond donors (Lipinski definition) is 1. The van der Waals surface area contributed by atoms with E-state index in [2.05, 4.69) is 44.8 Å². The third-order valence-electron chi connectivity index (χ3n) is 4.08. The van der Waals surface area contributed by atoms with Gasteiger partial charge in [0.1, 0.15) is 0 Å². The Morgan fingerprint density at radius 2 is 2.14 bits per heavy atom. The van der Waals surface area contributed by atoms with Crippen LogP contribution in [0.5, 0.6) is 0 Å². The first kappa shape index (κ1) is 16.7. The summed E-state index contributed by atoms with van der Waals surface area (Å²) < 4.78 is 5.68. The summed E-state index contributed by atoms with van der Waals surface area (Å²) in [6.07, 6.45) is 2.29. The Morgan fingerprint density at radius 3 is 2.76 bits per heavy atom. The lowest BCUT2D eigenvalue weighted by molar-refractivity contribution is -0.00466. The van der Waals surface area contributed by atoms with Gasteiger partial charge in [-0.05, 0) is 47.5 Å². The van der Waals surface area contributed by atoms with E-state index >= 15 is 0 Å². The zero-order valence-corrected chi connectivity index (χ0v) is 15.1. The van der Waals surface area contributed by atoms with Crippen LogP contribution in [0.2, 0.25) is 0 Å². The molecule has 1 aliphatic heterocycles. The minimum atomic E-state index is -0.0400. The van der Waals surface area contributed by atoms with E-state index in [4.69, 9.17) is 9.72 Å². The molecule has 1 aliphatic rings. The molecule has 21 heavy (non-hydrogen) atoms. The first-order chi connectivity index (χ1) is 9.72. The standard InChI is InChI=1S/C16H29N3OS/c1-12-13(10-17-15(2,3)4)21-14(18-12)19-9-7-8-16(5,11-19)20-6/h17H,7-11H2,1-6H3. The predicted octanol–water partition coefficient (Wildman–Crippen LogP) is 3.34. The molecule has 120 valence electrons. The maximum absolute atomic E-state index is 5.68. The van der Waals surface area contributed by atoms with Gasteiger partial charge in [0, 0.05) is 37.2 Å². The lowest BCUT2D eigenvalue weighted by Gasteiger charge is -2.39. The maximum Gasteiger partial charge on any atom is 0.185 e. The smallest absolute Gasteiger partial charge is 0.185 e. The molecule has 0 spiro atoms. The van der Waals surface area contributed by atoms with Crippen LogP contribution < -0.4 is 10.2 Å². The number of anilines is 1. The Hall–Kier alpha value is -0.650. The highest BCUT2D eigenvalue weighted by Crippen LogP contribution is 2.32. The summed E-state index contributed by atoms with van der Waals surface area (Å²) in [7, 11) is 1.81. The minimum absolute atomic E-state index is 0.0400. The number of ether oxygens (including phenoxy) is 1. The van der Waals surface area contributed by atoms with E-state index in [0.717, 1.165) is 36.9 Å². The number of piperidine rings is 1. The number of aryl methyl sites for hydroxylation is 1. The van der Waals surface area contributed by atoms with E-state index in [0.29, 0.717) is 0 Å². The van der Waals surface area contributed by atoms with Crippen LogP contribution in [0.25, 0.3) is 0 Å². The van der Waals surface area contributed by atoms with Gasteiger partial charge in [0.25, 0.3) is 0 Å². The van der Waals surface area contributed by atoms with Gasteiger partial charge in [-0.15, -0.1) is 11.3 Å². The molecule has 1 N–H and O–H groups in total. The summed E-state index contributed by atoms with van der Waals surface area (Å²) in [5, 5.41) is 4.69. The van der Waals surface area contributed by atoms with Crippen LogP contribution >= 0.6 is 11.3 Å². The SMILES string of the molecule is COC1(C)CCCN(c2nc(C)c(CNC(C)(C)C)s2)C1. The van der Waals surface area contributed by atoms with E-state index in [1.807, 2.05) is 18.4 Å². The second-order valence-corrected chi connectivity index (χ2v) is 8.35. The van der Waals surface area contributed by atoms with Crippen molar-refractivity contribution < 1.29 is 4.74 Å². The monoisotopic (exact) mass is 311 g/mol. The quantitative estimate of drug-likeness (QED) is 0.925. The van der Waals surface area contributed by atoms with Crippen LogP contribution in [0.15, 0.2) is 0 Å². The molecule has 2 heterocycles. The molecular weight excluding hydrogens is 282 g/mol. The predicted molar refractivity (Wildman–Crippen MR) is 90.3 cm³/mol. The number of rotatable bonds is 4. The lowest BCUT2D eigenvalue weighted by Crippen LogP contribution is -2.47. The Bertz CT molecular complexity index is 480. The van der Waals surface area contributed by atoms with Crippen LogP contribution in [0.4, 0.5) is 5.13 Å². The second-order valence-electron chi connectivity index (χ2n) is 7.29. The molecule has 0 saturated carbocycles. The second kappa shape index (κ2) is 6.23. The number of aromatic nitrogens is 1. The third kappa shape index (κ3) is 4.41. The average Bonchev–Trinajstić information content (AvgIpc) is 2.77. The van der Waals surface area contributed by atoms with Crippen LogP contribution in [0, 0.1) is 6.92 Å². The summed E-state index contributed by atoms with van der Waals surface area (Å²) in [6.45, 7) is 13.8. The fourth-order valence-electron chi connectivity index (χ4n) is 2.59. The Labute approximate surface area is 132 Å². The first-order valence-electron chi connectivity index (χ1n) is 7.74. The molecule has 5 heteroatoms. The van der Waals surface area contributed by atoms with Gasteiger partial charge < -0.3 is 15.0 Å². The van der Waals surface area contributed by atoms with Crippen molar-refractivity contribution in [3.05, 3.63) is 10.6 Å². The van der Waals surface area contributed by atoms with Crippen LogP contribution in [-0.2, 0) is 11.3 Å². The zero-order chi connectivity index (χ0) is 15.7.